The van der Waals surface area contributed by atoms with Crippen LogP contribution in [-0.4, -0.2) is 144 Å². The third-order valence-electron chi connectivity index (χ3n) is 18.2. The highest BCUT2D eigenvalue weighted by Crippen LogP contribution is 2.40. The zero-order chi connectivity index (χ0) is 54.3. The van der Waals surface area contributed by atoms with Crippen LogP contribution in [0.1, 0.15) is 126 Å². The number of fused-ring (bicyclic) bond motifs is 2. The van der Waals surface area contributed by atoms with Crippen molar-refractivity contribution in [3.8, 4) is 27.4 Å². The number of anilines is 3. The van der Waals surface area contributed by atoms with Gasteiger partial charge in [0, 0.05) is 94.9 Å². The van der Waals surface area contributed by atoms with E-state index in [9.17, 15) is 14.7 Å². The number of nitrogens with two attached hydrogens (primary N) is 1. The van der Waals surface area contributed by atoms with Crippen LogP contribution in [0.3, 0.4) is 0 Å². The van der Waals surface area contributed by atoms with Crippen molar-refractivity contribution in [2.24, 2.45) is 11.8 Å². The number of thiazole rings is 1. The molecule has 6 aliphatic rings. The SMILES string of the molecule is Cc1ncsc1-c1ccc([C@H](C)NC(=O)[C@@H]2CCCN2C(=O)[C@@H](c2cc(N3CCC(CN4CCC(OC5CC(n6cnc(CN7C8CCC7CN(c7cc(-c9ccccc9O)nnc7N)C8)c6)C5)CC4)CC3)no2)C(C)C)cc1. The molecule has 4 aromatic heterocycles. The van der Waals surface area contributed by atoms with Gasteiger partial charge in [0.15, 0.2) is 17.4 Å². The molecule has 79 heavy (non-hydrogen) atoms. The second-order valence-electron chi connectivity index (χ2n) is 23.7. The molecule has 12 rings (SSSR count). The number of nitrogens with zero attached hydrogens (tertiary/aromatic N) is 11. The predicted octanol–water partition coefficient (Wildman–Crippen LogP) is 8.61. The van der Waals surface area contributed by atoms with Gasteiger partial charge >= 0.3 is 0 Å². The predicted molar refractivity (Wildman–Crippen MR) is 306 cm³/mol. The maximum absolute atomic E-state index is 14.4. The van der Waals surface area contributed by atoms with Gasteiger partial charge in [0.05, 0.1) is 57.7 Å². The van der Waals surface area contributed by atoms with E-state index < -0.39 is 12.0 Å². The highest BCUT2D eigenvalue weighted by molar-refractivity contribution is 7.13. The molecule has 2 amide bonds. The molecule has 1 saturated carbocycles. The lowest BCUT2D eigenvalue weighted by Gasteiger charge is -2.42. The number of imidazole rings is 1. The summed E-state index contributed by atoms with van der Waals surface area (Å²) in [6.45, 7) is 16.3. The minimum Gasteiger partial charge on any atom is -0.507 e. The molecule has 5 atom stereocenters. The lowest BCUT2D eigenvalue weighted by Crippen LogP contribution is -2.53. The van der Waals surface area contributed by atoms with Gasteiger partial charge in [-0.2, -0.15) is 0 Å². The van der Waals surface area contributed by atoms with E-state index in [2.05, 4.69) is 80.3 Å². The zero-order valence-electron chi connectivity index (χ0n) is 46.2. The number of phenolic OH excluding ortho intramolecular Hbond substituents is 1. The summed E-state index contributed by atoms with van der Waals surface area (Å²) in [7, 11) is 0. The summed E-state index contributed by atoms with van der Waals surface area (Å²) in [5.41, 5.74) is 14.7. The Morgan fingerprint density at radius 1 is 0.861 bits per heavy atom. The molecule has 4 N–H and O–H groups in total. The van der Waals surface area contributed by atoms with Crippen LogP contribution in [0.2, 0.25) is 0 Å². The number of aromatic nitrogens is 6. The summed E-state index contributed by atoms with van der Waals surface area (Å²) >= 11 is 1.63. The smallest absolute Gasteiger partial charge is 0.243 e. The van der Waals surface area contributed by atoms with Crippen LogP contribution in [0.4, 0.5) is 17.3 Å². The first-order chi connectivity index (χ1) is 38.4. The van der Waals surface area contributed by atoms with E-state index in [0.29, 0.717) is 72.1 Å². The third kappa shape index (κ3) is 11.4. The summed E-state index contributed by atoms with van der Waals surface area (Å²) in [5.74, 6) is 1.85. The van der Waals surface area contributed by atoms with Crippen LogP contribution in [0.5, 0.6) is 5.75 Å². The van der Waals surface area contributed by atoms with Crippen molar-refractivity contribution in [2.75, 3.05) is 67.9 Å². The number of likely N-dealkylation sites (tertiary alicyclic amines) is 2. The van der Waals surface area contributed by atoms with Crippen LogP contribution < -0.4 is 20.9 Å². The number of piperazine rings is 1. The number of piperidine rings is 2. The largest absolute Gasteiger partial charge is 0.507 e. The molecule has 6 aromatic rings. The van der Waals surface area contributed by atoms with Gasteiger partial charge in [-0.1, -0.05) is 55.4 Å². The molecule has 18 nitrogen and oxygen atoms in total. The minimum atomic E-state index is -0.524. The molecule has 1 aliphatic carbocycles. The van der Waals surface area contributed by atoms with Gasteiger partial charge in [-0.05, 0) is 119 Å². The molecule has 0 spiro atoms. The van der Waals surface area contributed by atoms with Crippen LogP contribution in [0.25, 0.3) is 21.7 Å². The fourth-order valence-corrected chi connectivity index (χ4v) is 14.4. The number of rotatable bonds is 17. The molecule has 6 fully saturated rings. The number of hydrogen-bond donors (Lipinski definition) is 3. The number of aromatic hydroxyl groups is 1. The summed E-state index contributed by atoms with van der Waals surface area (Å²) in [6.07, 6.45) is 15.0. The number of hydrogen-bond acceptors (Lipinski definition) is 16. The molecule has 5 saturated heterocycles. The van der Waals surface area contributed by atoms with E-state index in [1.807, 2.05) is 63.8 Å². The second kappa shape index (κ2) is 23.0. The van der Waals surface area contributed by atoms with E-state index in [4.69, 9.17) is 20.0 Å². The highest BCUT2D eigenvalue weighted by atomic mass is 32.1. The van der Waals surface area contributed by atoms with Crippen LogP contribution in [-0.2, 0) is 20.9 Å². The van der Waals surface area contributed by atoms with Gasteiger partial charge in [0.1, 0.15) is 17.7 Å². The molecule has 9 heterocycles. The Hall–Kier alpha value is -6.41. The number of carbonyl (C=O) groups excluding carboxylic acids is 2. The average molecular weight is 1090 g/mol. The Morgan fingerprint density at radius 2 is 1.62 bits per heavy atom. The minimum absolute atomic E-state index is 0.0334. The van der Waals surface area contributed by atoms with Crippen molar-refractivity contribution < 1.29 is 24.0 Å². The zero-order valence-corrected chi connectivity index (χ0v) is 47.0. The normalized spacial score (nSPS) is 24.1. The molecule has 5 aliphatic heterocycles. The Kier molecular flexibility index (Phi) is 15.5. The highest BCUT2D eigenvalue weighted by Gasteiger charge is 2.43. The average Bonchev–Trinajstić information content (AvgIpc) is 4.41. The lowest BCUT2D eigenvalue weighted by molar-refractivity contribution is -0.141. The summed E-state index contributed by atoms with van der Waals surface area (Å²) in [5, 5.41) is 26.8. The first-order valence-electron chi connectivity index (χ1n) is 29.0. The van der Waals surface area contributed by atoms with Gasteiger partial charge in [0.25, 0.3) is 0 Å². The van der Waals surface area contributed by atoms with Gasteiger partial charge in [-0.15, -0.1) is 21.5 Å². The number of nitrogens with one attached hydrogen (secondary N) is 1. The summed E-state index contributed by atoms with van der Waals surface area (Å²) < 4.78 is 15.0. The number of nitrogen functional groups attached to an aromatic ring is 1. The molecular formula is C60H77N13O5S. The first kappa shape index (κ1) is 53.2. The number of aryl methyl sites for hydroxylation is 1. The third-order valence-corrected chi connectivity index (χ3v) is 19.2. The van der Waals surface area contributed by atoms with Gasteiger partial charge in [-0.25, -0.2) is 9.97 Å². The molecule has 0 radical (unpaired) electrons. The van der Waals surface area contributed by atoms with Crippen LogP contribution in [0.15, 0.2) is 83.2 Å². The van der Waals surface area contributed by atoms with Gasteiger partial charge < -0.3 is 49.6 Å². The fraction of sp³-hybridized carbons (Fsp3) is 0.550. The second-order valence-corrected chi connectivity index (χ2v) is 24.6. The molecule has 2 bridgehead atoms. The van der Waals surface area contributed by atoms with Gasteiger partial charge in [0.2, 0.25) is 11.8 Å². The Morgan fingerprint density at radius 3 is 2.34 bits per heavy atom. The van der Waals surface area contributed by atoms with Crippen molar-refractivity contribution in [1.29, 1.82) is 0 Å². The van der Waals surface area contributed by atoms with Crippen LogP contribution >= 0.6 is 11.3 Å². The standard InChI is InChI=1S/C60H77N13O5S/c1-37(2)56(60(76)72-21-7-9-51(72)59(75)64-38(3)41-11-13-42(14-12-41)57-39(4)63-36-79-57)54-29-55(67-78-54)69-24-17-40(18-25-69)30-68-22-19-47(20-23-68)77-48-26-46(27-48)71-31-43(62-35-71)32-73-44-15-16-45(73)34-70(33-44)52-28-50(65-66-58(52)61)49-8-5-6-10-53(49)74/h5-6,8,10-14,28-29,31,35-38,40,44-48,51,56,74H,7,9,15-27,30,32-34H2,1-4H3,(H2,61,66)(H,64,75)/t38-,44?,45?,46?,48?,51-,56+/m0/s1. The Bertz CT molecular complexity index is 3050. The number of benzene rings is 2. The van der Waals surface area contributed by atoms with Crippen molar-refractivity contribution in [3.05, 3.63) is 101 Å². The number of carbonyl (C=O) groups is 2. The maximum atomic E-state index is 14.4. The van der Waals surface area contributed by atoms with E-state index >= 15 is 0 Å². The molecule has 418 valence electrons. The van der Waals surface area contributed by atoms with Crippen LogP contribution in [0, 0.1) is 18.8 Å². The molecule has 19 heteroatoms. The molecule has 2 unspecified atom stereocenters. The van der Waals surface area contributed by atoms with Gasteiger partial charge in [-0.3, -0.25) is 14.5 Å². The maximum Gasteiger partial charge on any atom is 0.243 e. The van der Waals surface area contributed by atoms with E-state index in [1.54, 1.807) is 28.4 Å². The molecular weight excluding hydrogens is 1010 g/mol. The van der Waals surface area contributed by atoms with E-state index in [0.717, 1.165) is 149 Å². The van der Waals surface area contributed by atoms with E-state index in [-0.39, 0.29) is 29.5 Å². The quantitative estimate of drug-likeness (QED) is 0.0784. The Labute approximate surface area is 467 Å². The first-order valence-corrected chi connectivity index (χ1v) is 29.9. The summed E-state index contributed by atoms with van der Waals surface area (Å²) in [4.78, 5) is 50.3. The number of phenols is 1. The Balaban J connectivity index is 0.556. The fourth-order valence-electron chi connectivity index (χ4n) is 13.5. The number of para-hydroxylation sites is 1. The lowest BCUT2D eigenvalue weighted by atomic mass is 9.88. The van der Waals surface area contributed by atoms with E-state index in [1.165, 1.54) is 0 Å². The van der Waals surface area contributed by atoms with Crippen molar-refractivity contribution in [2.45, 2.75) is 147 Å². The van der Waals surface area contributed by atoms with Crippen molar-refractivity contribution >= 4 is 40.5 Å². The topological polar surface area (TPSA) is 200 Å². The monoisotopic (exact) mass is 1090 g/mol. The number of amides is 2. The molecule has 2 aromatic carbocycles. The number of ether oxygens (including phenoxy) is 1. The van der Waals surface area contributed by atoms with Crippen molar-refractivity contribution in [3.63, 3.8) is 0 Å². The summed E-state index contributed by atoms with van der Waals surface area (Å²) in [6, 6.07) is 19.9. The van der Waals surface area contributed by atoms with Crippen molar-refractivity contribution in [1.82, 2.24) is 49.9 Å².